The Kier molecular flexibility index (Phi) is 2.67. The second-order valence-electron chi connectivity index (χ2n) is 3.86. The predicted octanol–water partition coefficient (Wildman–Crippen LogP) is 2.25. The first-order valence-electron chi connectivity index (χ1n) is 5.14. The highest BCUT2D eigenvalue weighted by Crippen LogP contribution is 2.41. The van der Waals surface area contributed by atoms with Crippen LogP contribution in [0.5, 0.6) is 11.5 Å². The van der Waals surface area contributed by atoms with Crippen molar-refractivity contribution in [1.29, 1.82) is 0 Å². The number of phenolic OH excluding ortho intramolecular Hbond substituents is 1. The molecule has 1 heterocycles. The third kappa shape index (κ3) is 1.80. The van der Waals surface area contributed by atoms with Crippen LogP contribution in [0, 0.1) is 13.8 Å². The van der Waals surface area contributed by atoms with E-state index in [1.165, 1.54) is 7.11 Å². The summed E-state index contributed by atoms with van der Waals surface area (Å²) >= 11 is 0. The number of aryl methyl sites for hydroxylation is 1. The number of benzene rings is 1. The molecular formula is C12H14N2O3. The Hall–Kier alpha value is -2.17. The normalized spacial score (nSPS) is 10.5. The second-order valence-corrected chi connectivity index (χ2v) is 3.86. The van der Waals surface area contributed by atoms with E-state index >= 15 is 0 Å². The monoisotopic (exact) mass is 234 g/mol. The molecule has 17 heavy (non-hydrogen) atoms. The second kappa shape index (κ2) is 4.01. The third-order valence-electron chi connectivity index (χ3n) is 2.78. The molecule has 2 aromatic rings. The average molecular weight is 234 g/mol. The smallest absolute Gasteiger partial charge is 0.222 e. The number of nitrogens with two attached hydrogens (primary N) is 1. The highest BCUT2D eigenvalue weighted by molar-refractivity contribution is 5.74. The van der Waals surface area contributed by atoms with E-state index in [4.69, 9.17) is 15.0 Å². The maximum absolute atomic E-state index is 10.0. The average Bonchev–Trinajstić information content (AvgIpc) is 2.72. The Morgan fingerprint density at radius 2 is 2.06 bits per heavy atom. The summed E-state index contributed by atoms with van der Waals surface area (Å²) in [5.41, 5.74) is 8.41. The number of nitrogen functional groups attached to an aromatic ring is 1. The zero-order chi connectivity index (χ0) is 12.6. The number of aromatic nitrogens is 1. The van der Waals surface area contributed by atoms with Gasteiger partial charge in [-0.3, -0.25) is 0 Å². The van der Waals surface area contributed by atoms with E-state index in [0.717, 1.165) is 11.1 Å². The van der Waals surface area contributed by atoms with Gasteiger partial charge in [0.05, 0.1) is 7.11 Å². The number of hydrogen-bond acceptors (Lipinski definition) is 5. The molecular weight excluding hydrogens is 220 g/mol. The van der Waals surface area contributed by atoms with Crippen molar-refractivity contribution in [3.05, 3.63) is 23.3 Å². The van der Waals surface area contributed by atoms with Crippen LogP contribution in [-0.4, -0.2) is 17.4 Å². The van der Waals surface area contributed by atoms with Crippen molar-refractivity contribution in [2.24, 2.45) is 0 Å². The molecule has 0 unspecified atom stereocenters. The number of methoxy groups -OCH3 is 1. The van der Waals surface area contributed by atoms with Gasteiger partial charge in [0.1, 0.15) is 5.69 Å². The lowest BCUT2D eigenvalue weighted by molar-refractivity contribution is 0.372. The standard InChI is InChI=1S/C12H14N2O3/c1-6-4-8(9-5-10(13)17-14-9)12(16-3)11(15)7(6)2/h4-5,15H,13H2,1-3H3. The summed E-state index contributed by atoms with van der Waals surface area (Å²) in [7, 11) is 1.50. The molecule has 1 aromatic heterocycles. The number of rotatable bonds is 2. The van der Waals surface area contributed by atoms with Crippen molar-refractivity contribution in [2.75, 3.05) is 12.8 Å². The van der Waals surface area contributed by atoms with E-state index in [-0.39, 0.29) is 11.6 Å². The number of anilines is 1. The Bertz CT molecular complexity index is 561. The first-order valence-corrected chi connectivity index (χ1v) is 5.14. The summed E-state index contributed by atoms with van der Waals surface area (Å²) in [6, 6.07) is 3.47. The van der Waals surface area contributed by atoms with Gasteiger partial charge in [0.2, 0.25) is 5.88 Å². The SMILES string of the molecule is COc1c(-c2cc(N)on2)cc(C)c(C)c1O. The van der Waals surface area contributed by atoms with Crippen LogP contribution in [0.15, 0.2) is 16.7 Å². The highest BCUT2D eigenvalue weighted by atomic mass is 16.5. The molecule has 0 spiro atoms. The van der Waals surface area contributed by atoms with E-state index in [9.17, 15) is 5.11 Å². The molecule has 0 bridgehead atoms. The Balaban J connectivity index is 2.69. The van der Waals surface area contributed by atoms with Crippen LogP contribution in [0.2, 0.25) is 0 Å². The largest absolute Gasteiger partial charge is 0.504 e. The third-order valence-corrected chi connectivity index (χ3v) is 2.78. The Morgan fingerprint density at radius 1 is 1.35 bits per heavy atom. The van der Waals surface area contributed by atoms with Crippen LogP contribution in [0.4, 0.5) is 5.88 Å². The van der Waals surface area contributed by atoms with Crippen molar-refractivity contribution in [3.8, 4) is 22.8 Å². The molecule has 0 saturated heterocycles. The summed E-state index contributed by atoms with van der Waals surface area (Å²) in [5.74, 6) is 0.713. The molecule has 2 rings (SSSR count). The zero-order valence-electron chi connectivity index (χ0n) is 9.94. The quantitative estimate of drug-likeness (QED) is 0.832. The molecule has 0 aliphatic carbocycles. The fraction of sp³-hybridized carbons (Fsp3) is 0.250. The molecule has 0 radical (unpaired) electrons. The van der Waals surface area contributed by atoms with Crippen LogP contribution in [-0.2, 0) is 0 Å². The van der Waals surface area contributed by atoms with Crippen molar-refractivity contribution in [1.82, 2.24) is 5.16 Å². The number of hydrogen-bond donors (Lipinski definition) is 2. The van der Waals surface area contributed by atoms with Crippen LogP contribution in [0.3, 0.4) is 0 Å². The molecule has 0 atom stereocenters. The summed E-state index contributed by atoms with van der Waals surface area (Å²) in [6.07, 6.45) is 0. The van der Waals surface area contributed by atoms with Crippen molar-refractivity contribution >= 4 is 5.88 Å². The minimum Gasteiger partial charge on any atom is -0.504 e. The first-order chi connectivity index (χ1) is 8.04. The van der Waals surface area contributed by atoms with Crippen LogP contribution < -0.4 is 10.5 Å². The predicted molar refractivity (Wildman–Crippen MR) is 64.0 cm³/mol. The lowest BCUT2D eigenvalue weighted by Gasteiger charge is -2.12. The van der Waals surface area contributed by atoms with Gasteiger partial charge in [0.25, 0.3) is 0 Å². The summed E-state index contributed by atoms with van der Waals surface area (Å²) < 4.78 is 10.0. The maximum atomic E-state index is 10.0. The van der Waals surface area contributed by atoms with Crippen LogP contribution >= 0.6 is 0 Å². The minimum absolute atomic E-state index is 0.115. The molecule has 1 aromatic carbocycles. The van der Waals surface area contributed by atoms with Crippen molar-refractivity contribution < 1.29 is 14.4 Å². The lowest BCUT2D eigenvalue weighted by atomic mass is 10.0. The van der Waals surface area contributed by atoms with Gasteiger partial charge in [-0.2, -0.15) is 0 Å². The molecule has 0 aliphatic rings. The number of aromatic hydroxyl groups is 1. The molecule has 0 amide bonds. The van der Waals surface area contributed by atoms with Crippen LogP contribution in [0.25, 0.3) is 11.3 Å². The molecule has 0 saturated carbocycles. The number of phenols is 1. The van der Waals surface area contributed by atoms with Gasteiger partial charge in [-0.25, -0.2) is 0 Å². The van der Waals surface area contributed by atoms with E-state index in [1.54, 1.807) is 6.07 Å². The molecule has 0 fully saturated rings. The van der Waals surface area contributed by atoms with Crippen molar-refractivity contribution in [2.45, 2.75) is 13.8 Å². The number of ether oxygens (including phenoxy) is 1. The highest BCUT2D eigenvalue weighted by Gasteiger charge is 2.17. The van der Waals surface area contributed by atoms with E-state index < -0.39 is 0 Å². The Morgan fingerprint density at radius 3 is 2.59 bits per heavy atom. The van der Waals surface area contributed by atoms with Gasteiger partial charge in [-0.05, 0) is 31.0 Å². The maximum Gasteiger partial charge on any atom is 0.222 e. The van der Waals surface area contributed by atoms with Crippen molar-refractivity contribution in [3.63, 3.8) is 0 Å². The lowest BCUT2D eigenvalue weighted by Crippen LogP contribution is -1.93. The summed E-state index contributed by atoms with van der Waals surface area (Å²) in [5, 5.41) is 13.8. The Labute approximate surface area is 98.8 Å². The van der Waals surface area contributed by atoms with Gasteiger partial charge in [-0.1, -0.05) is 5.16 Å². The fourth-order valence-electron chi connectivity index (χ4n) is 1.69. The van der Waals surface area contributed by atoms with Gasteiger partial charge >= 0.3 is 0 Å². The molecule has 90 valence electrons. The van der Waals surface area contributed by atoms with Gasteiger partial charge < -0.3 is 20.1 Å². The topological polar surface area (TPSA) is 81.5 Å². The van der Waals surface area contributed by atoms with E-state index in [2.05, 4.69) is 5.16 Å². The summed E-state index contributed by atoms with van der Waals surface area (Å²) in [6.45, 7) is 3.73. The molecule has 5 nitrogen and oxygen atoms in total. The van der Waals surface area contributed by atoms with Crippen LogP contribution in [0.1, 0.15) is 11.1 Å². The van der Waals surface area contributed by atoms with Gasteiger partial charge in [0, 0.05) is 11.6 Å². The van der Waals surface area contributed by atoms with E-state index in [1.807, 2.05) is 19.9 Å². The number of nitrogens with zero attached hydrogens (tertiary/aromatic N) is 1. The fourth-order valence-corrected chi connectivity index (χ4v) is 1.69. The zero-order valence-corrected chi connectivity index (χ0v) is 9.94. The summed E-state index contributed by atoms with van der Waals surface area (Å²) in [4.78, 5) is 0. The first kappa shape index (κ1) is 11.3. The molecule has 3 N–H and O–H groups in total. The van der Waals surface area contributed by atoms with Gasteiger partial charge in [-0.15, -0.1) is 0 Å². The van der Waals surface area contributed by atoms with Gasteiger partial charge in [0.15, 0.2) is 11.5 Å². The molecule has 0 aliphatic heterocycles. The van der Waals surface area contributed by atoms with E-state index in [0.29, 0.717) is 17.0 Å². The minimum atomic E-state index is 0.115. The molecule has 5 heteroatoms.